The molecule has 162 valence electrons. The average Bonchev–Trinajstić information content (AvgIpc) is 2.74. The third-order valence-electron chi connectivity index (χ3n) is 4.01. The van der Waals surface area contributed by atoms with Crippen LogP contribution in [0.4, 0.5) is 34.1 Å². The Labute approximate surface area is 192 Å². The van der Waals surface area contributed by atoms with Gasteiger partial charge >= 0.3 is 0 Å². The van der Waals surface area contributed by atoms with Crippen LogP contribution in [0.5, 0.6) is 0 Å². The van der Waals surface area contributed by atoms with Gasteiger partial charge in [0.1, 0.15) is 0 Å². The average molecular weight is 469 g/mol. The summed E-state index contributed by atoms with van der Waals surface area (Å²) in [6.45, 7) is 0. The van der Waals surface area contributed by atoms with E-state index < -0.39 is 9.85 Å². The predicted octanol–water partition coefficient (Wildman–Crippen LogP) is 5.12. The summed E-state index contributed by atoms with van der Waals surface area (Å²) in [5.41, 5.74) is 2.16. The summed E-state index contributed by atoms with van der Waals surface area (Å²) in [5, 5.41) is 34.1. The van der Waals surface area contributed by atoms with Gasteiger partial charge in [0, 0.05) is 47.0 Å². The smallest absolute Gasteiger partial charge is 0.271 e. The third-order valence-corrected chi connectivity index (χ3v) is 4.42. The Morgan fingerprint density at radius 2 is 0.906 bits per heavy atom. The fourth-order valence-electron chi connectivity index (χ4n) is 2.66. The summed E-state index contributed by atoms with van der Waals surface area (Å²) >= 11 is 10.5. The van der Waals surface area contributed by atoms with Crippen molar-refractivity contribution in [2.24, 2.45) is 0 Å². The highest BCUT2D eigenvalue weighted by Crippen LogP contribution is 2.20. The first kappa shape index (κ1) is 22.5. The van der Waals surface area contributed by atoms with Crippen LogP contribution in [-0.4, -0.2) is 20.1 Å². The molecule has 0 radical (unpaired) electrons. The van der Waals surface area contributed by atoms with E-state index >= 15 is 0 Å². The zero-order chi connectivity index (χ0) is 23.1. The zero-order valence-electron chi connectivity index (χ0n) is 16.3. The highest BCUT2D eigenvalue weighted by atomic mass is 32.1. The van der Waals surface area contributed by atoms with E-state index in [1.807, 2.05) is 0 Å². The van der Waals surface area contributed by atoms with E-state index in [2.05, 4.69) is 21.3 Å². The van der Waals surface area contributed by atoms with Crippen LogP contribution >= 0.6 is 24.4 Å². The predicted molar refractivity (Wildman–Crippen MR) is 132 cm³/mol. The number of rotatable bonds is 6. The van der Waals surface area contributed by atoms with Crippen LogP contribution in [0, 0.1) is 20.2 Å². The number of hydrogen-bond donors (Lipinski definition) is 4. The van der Waals surface area contributed by atoms with Crippen molar-refractivity contribution in [2.45, 2.75) is 0 Å². The monoisotopic (exact) mass is 468 g/mol. The highest BCUT2D eigenvalue weighted by Gasteiger charge is 2.08. The van der Waals surface area contributed by atoms with Gasteiger partial charge in [-0.05, 0) is 54.8 Å². The van der Waals surface area contributed by atoms with Gasteiger partial charge in [0.05, 0.1) is 9.85 Å². The molecule has 0 aliphatic heterocycles. The van der Waals surface area contributed by atoms with Gasteiger partial charge in [-0.15, -0.1) is 0 Å². The van der Waals surface area contributed by atoms with Crippen LogP contribution in [0.1, 0.15) is 0 Å². The van der Waals surface area contributed by atoms with Crippen LogP contribution in [0.25, 0.3) is 0 Å². The van der Waals surface area contributed by atoms with Crippen molar-refractivity contribution >= 4 is 68.8 Å². The molecule has 3 aromatic carbocycles. The Kier molecular flexibility index (Phi) is 7.21. The van der Waals surface area contributed by atoms with Crippen LogP contribution in [-0.2, 0) is 0 Å². The molecule has 3 aromatic rings. The van der Waals surface area contributed by atoms with E-state index in [1.54, 1.807) is 48.5 Å². The Hall–Kier alpha value is -4.16. The number of benzene rings is 3. The van der Waals surface area contributed by atoms with E-state index in [0.717, 1.165) is 0 Å². The van der Waals surface area contributed by atoms with Gasteiger partial charge in [-0.2, -0.15) is 0 Å². The van der Waals surface area contributed by atoms with Crippen LogP contribution in [0.3, 0.4) is 0 Å². The molecule has 0 aromatic heterocycles. The molecule has 0 amide bonds. The topological polar surface area (TPSA) is 134 Å². The first-order chi connectivity index (χ1) is 15.3. The number of non-ortho nitro benzene ring substituents is 2. The summed E-state index contributed by atoms with van der Waals surface area (Å²) in [6.07, 6.45) is 0. The molecule has 0 saturated carbocycles. The molecule has 0 aliphatic carbocycles. The standard InChI is InChI=1S/C20H16N6O4S2/c27-25(28)17-8-2-6-15(11-17)23-19(31)21-13-4-1-5-14(10-13)22-20(32)24-16-7-3-9-18(12-16)26(29)30/h1-12H,(H2,21,23,31)(H2,22,24,32). The van der Waals surface area contributed by atoms with E-state index in [9.17, 15) is 20.2 Å². The normalized spacial score (nSPS) is 10.0. The van der Waals surface area contributed by atoms with Gasteiger partial charge in [0.25, 0.3) is 11.4 Å². The number of nitro groups is 2. The fourth-order valence-corrected chi connectivity index (χ4v) is 3.13. The number of nitro benzene ring substituents is 2. The minimum Gasteiger partial charge on any atom is -0.332 e. The third kappa shape index (κ3) is 6.42. The summed E-state index contributed by atoms with van der Waals surface area (Å²) in [5.74, 6) is 0. The largest absolute Gasteiger partial charge is 0.332 e. The quantitative estimate of drug-likeness (QED) is 0.219. The summed E-state index contributed by atoms with van der Waals surface area (Å²) in [7, 11) is 0. The molecule has 0 spiro atoms. The molecule has 0 aliphatic rings. The molecule has 0 bridgehead atoms. The minimum absolute atomic E-state index is 0.0474. The van der Waals surface area contributed by atoms with Crippen molar-refractivity contribution in [1.82, 2.24) is 0 Å². The second-order valence-electron chi connectivity index (χ2n) is 6.35. The molecule has 0 heterocycles. The van der Waals surface area contributed by atoms with E-state index in [-0.39, 0.29) is 21.6 Å². The van der Waals surface area contributed by atoms with E-state index in [0.29, 0.717) is 22.7 Å². The van der Waals surface area contributed by atoms with E-state index in [1.165, 1.54) is 24.3 Å². The molecule has 32 heavy (non-hydrogen) atoms. The lowest BCUT2D eigenvalue weighted by Gasteiger charge is -2.13. The first-order valence-corrected chi connectivity index (χ1v) is 9.87. The van der Waals surface area contributed by atoms with Gasteiger partial charge in [0.15, 0.2) is 10.2 Å². The number of thiocarbonyl (C=S) groups is 2. The molecular weight excluding hydrogens is 452 g/mol. The molecule has 0 atom stereocenters. The van der Waals surface area contributed by atoms with Gasteiger partial charge in [0.2, 0.25) is 0 Å². The van der Waals surface area contributed by atoms with Crippen LogP contribution in [0.2, 0.25) is 0 Å². The molecule has 0 unspecified atom stereocenters. The highest BCUT2D eigenvalue weighted by molar-refractivity contribution is 7.81. The molecule has 0 fully saturated rings. The van der Waals surface area contributed by atoms with Gasteiger partial charge < -0.3 is 21.3 Å². The number of nitrogens with zero attached hydrogens (tertiary/aromatic N) is 2. The van der Waals surface area contributed by atoms with Crippen molar-refractivity contribution in [3.05, 3.63) is 93.0 Å². The number of anilines is 4. The minimum atomic E-state index is -0.485. The maximum atomic E-state index is 10.9. The molecular formula is C20H16N6O4S2. The van der Waals surface area contributed by atoms with Crippen molar-refractivity contribution in [3.63, 3.8) is 0 Å². The SMILES string of the molecule is O=[N+]([O-])c1cccc(NC(=S)Nc2cccc(NC(=S)Nc3cccc([N+](=O)[O-])c3)c2)c1. The number of nitrogens with one attached hydrogen (secondary N) is 4. The van der Waals surface area contributed by atoms with Gasteiger partial charge in [-0.25, -0.2) is 0 Å². The summed E-state index contributed by atoms with van der Waals surface area (Å²) in [6, 6.07) is 19.1. The lowest BCUT2D eigenvalue weighted by Crippen LogP contribution is -2.20. The van der Waals surface area contributed by atoms with E-state index in [4.69, 9.17) is 24.4 Å². The second-order valence-corrected chi connectivity index (χ2v) is 7.17. The second kappa shape index (κ2) is 10.2. The Bertz CT molecular complexity index is 1120. The lowest BCUT2D eigenvalue weighted by atomic mass is 10.2. The first-order valence-electron chi connectivity index (χ1n) is 9.05. The zero-order valence-corrected chi connectivity index (χ0v) is 17.9. The molecule has 12 heteroatoms. The Balaban J connectivity index is 1.60. The van der Waals surface area contributed by atoms with Gasteiger partial charge in [-0.1, -0.05) is 18.2 Å². The maximum absolute atomic E-state index is 10.9. The fraction of sp³-hybridized carbons (Fsp3) is 0. The molecule has 3 rings (SSSR count). The molecule has 0 saturated heterocycles. The lowest BCUT2D eigenvalue weighted by molar-refractivity contribution is -0.385. The molecule has 4 N–H and O–H groups in total. The van der Waals surface area contributed by atoms with Crippen molar-refractivity contribution in [3.8, 4) is 0 Å². The van der Waals surface area contributed by atoms with Crippen LogP contribution < -0.4 is 21.3 Å². The molecule has 10 nitrogen and oxygen atoms in total. The van der Waals surface area contributed by atoms with Crippen molar-refractivity contribution in [2.75, 3.05) is 21.3 Å². The van der Waals surface area contributed by atoms with Crippen LogP contribution in [0.15, 0.2) is 72.8 Å². The summed E-state index contributed by atoms with van der Waals surface area (Å²) < 4.78 is 0. The van der Waals surface area contributed by atoms with Crippen molar-refractivity contribution in [1.29, 1.82) is 0 Å². The van der Waals surface area contributed by atoms with Gasteiger partial charge in [-0.3, -0.25) is 20.2 Å². The summed E-state index contributed by atoms with van der Waals surface area (Å²) in [4.78, 5) is 20.8. The Morgan fingerprint density at radius 1 is 0.594 bits per heavy atom. The van der Waals surface area contributed by atoms with Crippen molar-refractivity contribution < 1.29 is 9.85 Å². The maximum Gasteiger partial charge on any atom is 0.271 e. The Morgan fingerprint density at radius 3 is 1.25 bits per heavy atom. The number of hydrogen-bond acceptors (Lipinski definition) is 6.